The van der Waals surface area contributed by atoms with E-state index >= 15 is 0 Å². The van der Waals surface area contributed by atoms with Gasteiger partial charge in [-0.15, -0.1) is 11.3 Å². The van der Waals surface area contributed by atoms with Crippen molar-refractivity contribution in [2.75, 3.05) is 18.1 Å². The Kier molecular flexibility index (Phi) is 4.47. The van der Waals surface area contributed by atoms with Crippen LogP contribution in [0.25, 0.3) is 0 Å². The number of thiophene rings is 1. The molecule has 7 heteroatoms. The summed E-state index contributed by atoms with van der Waals surface area (Å²) in [6.45, 7) is 0. The first kappa shape index (κ1) is 14.6. The van der Waals surface area contributed by atoms with Gasteiger partial charge in [-0.05, 0) is 25.7 Å². The lowest BCUT2D eigenvalue weighted by Crippen LogP contribution is -2.29. The van der Waals surface area contributed by atoms with E-state index in [-0.39, 0.29) is 23.7 Å². The summed E-state index contributed by atoms with van der Waals surface area (Å²) in [5.41, 5.74) is 6.44. The number of hydrogen-bond acceptors (Lipinski definition) is 6. The summed E-state index contributed by atoms with van der Waals surface area (Å²) in [6, 6.07) is 2.21. The molecule has 1 heterocycles. The minimum Gasteiger partial charge on any atom is -0.396 e. The van der Waals surface area contributed by atoms with Crippen molar-refractivity contribution in [2.45, 2.75) is 37.8 Å². The lowest BCUT2D eigenvalue weighted by Gasteiger charge is -2.26. The Balaban J connectivity index is 2.22. The molecule has 0 aliphatic heterocycles. The van der Waals surface area contributed by atoms with Gasteiger partial charge in [0.1, 0.15) is 15.9 Å². The SMILES string of the molecule is CNC(=O)c1c(NC2CCC(O)CC2)sc(C#N)c1N. The van der Waals surface area contributed by atoms with Crippen molar-refractivity contribution >= 4 is 27.9 Å². The maximum Gasteiger partial charge on any atom is 0.256 e. The van der Waals surface area contributed by atoms with Crippen LogP contribution in [0.4, 0.5) is 10.7 Å². The van der Waals surface area contributed by atoms with Crippen LogP contribution in [0.15, 0.2) is 0 Å². The number of rotatable bonds is 3. The van der Waals surface area contributed by atoms with E-state index in [2.05, 4.69) is 10.6 Å². The first-order valence-electron chi connectivity index (χ1n) is 6.55. The molecular formula is C13H18N4O2S. The van der Waals surface area contributed by atoms with Crippen molar-refractivity contribution in [3.05, 3.63) is 10.4 Å². The summed E-state index contributed by atoms with van der Waals surface area (Å²) in [6.07, 6.45) is 2.95. The minimum atomic E-state index is -0.293. The van der Waals surface area contributed by atoms with Crippen LogP contribution < -0.4 is 16.4 Å². The van der Waals surface area contributed by atoms with E-state index in [4.69, 9.17) is 11.0 Å². The Hall–Kier alpha value is -1.78. The van der Waals surface area contributed by atoms with Crippen LogP contribution in [0.5, 0.6) is 0 Å². The van der Waals surface area contributed by atoms with Gasteiger partial charge < -0.3 is 21.5 Å². The highest BCUT2D eigenvalue weighted by molar-refractivity contribution is 7.17. The molecule has 0 saturated heterocycles. The molecule has 1 fully saturated rings. The second kappa shape index (κ2) is 6.11. The van der Waals surface area contributed by atoms with Crippen molar-refractivity contribution in [1.29, 1.82) is 5.26 Å². The van der Waals surface area contributed by atoms with Gasteiger partial charge in [0.2, 0.25) is 0 Å². The molecule has 0 spiro atoms. The molecule has 0 atom stereocenters. The number of aliphatic hydroxyl groups is 1. The Morgan fingerprint density at radius 3 is 2.65 bits per heavy atom. The maximum atomic E-state index is 11.9. The van der Waals surface area contributed by atoms with Crippen LogP contribution in [0.2, 0.25) is 0 Å². The van der Waals surface area contributed by atoms with Gasteiger partial charge in [-0.3, -0.25) is 4.79 Å². The minimum absolute atomic E-state index is 0.200. The van der Waals surface area contributed by atoms with Gasteiger partial charge in [-0.25, -0.2) is 0 Å². The number of carbonyl (C=O) groups excluding carboxylic acids is 1. The number of hydrogen-bond donors (Lipinski definition) is 4. The predicted octanol–water partition coefficient (Wildman–Crippen LogP) is 1.28. The van der Waals surface area contributed by atoms with Crippen LogP contribution in [-0.4, -0.2) is 30.2 Å². The number of nitrogen functional groups attached to an aromatic ring is 1. The summed E-state index contributed by atoms with van der Waals surface area (Å²) < 4.78 is 0. The Bertz CT molecular complexity index is 541. The molecule has 5 N–H and O–H groups in total. The first-order chi connectivity index (χ1) is 9.56. The summed E-state index contributed by atoms with van der Waals surface area (Å²) in [7, 11) is 1.53. The van der Waals surface area contributed by atoms with Gasteiger partial charge in [-0.1, -0.05) is 0 Å². The zero-order valence-corrected chi connectivity index (χ0v) is 12.1. The molecule has 2 rings (SSSR count). The molecule has 1 amide bonds. The molecule has 1 aliphatic carbocycles. The predicted molar refractivity (Wildman–Crippen MR) is 78.7 cm³/mol. The third-order valence-electron chi connectivity index (χ3n) is 3.53. The van der Waals surface area contributed by atoms with E-state index < -0.39 is 0 Å². The molecule has 1 saturated carbocycles. The van der Waals surface area contributed by atoms with Gasteiger partial charge in [-0.2, -0.15) is 5.26 Å². The van der Waals surface area contributed by atoms with Crippen LogP contribution in [0, 0.1) is 11.3 Å². The number of carbonyl (C=O) groups is 1. The van der Waals surface area contributed by atoms with Crippen LogP contribution in [0.3, 0.4) is 0 Å². The fourth-order valence-corrected chi connectivity index (χ4v) is 3.38. The molecule has 1 aromatic rings. The summed E-state index contributed by atoms with van der Waals surface area (Å²) in [4.78, 5) is 12.3. The van der Waals surface area contributed by atoms with Crippen molar-refractivity contribution in [3.63, 3.8) is 0 Å². The zero-order chi connectivity index (χ0) is 14.7. The fourth-order valence-electron chi connectivity index (χ4n) is 2.38. The second-order valence-corrected chi connectivity index (χ2v) is 5.91. The summed E-state index contributed by atoms with van der Waals surface area (Å²) in [5, 5.41) is 25.0. The molecule has 108 valence electrons. The van der Waals surface area contributed by atoms with Crippen LogP contribution in [-0.2, 0) is 0 Å². The van der Waals surface area contributed by atoms with E-state index in [0.29, 0.717) is 15.4 Å². The van der Waals surface area contributed by atoms with Gasteiger partial charge in [0.25, 0.3) is 5.91 Å². The molecule has 1 aliphatic rings. The number of nitrogens with two attached hydrogens (primary N) is 1. The Morgan fingerprint density at radius 1 is 1.45 bits per heavy atom. The zero-order valence-electron chi connectivity index (χ0n) is 11.3. The van der Waals surface area contributed by atoms with Gasteiger partial charge in [0.15, 0.2) is 0 Å². The van der Waals surface area contributed by atoms with Crippen LogP contribution >= 0.6 is 11.3 Å². The average molecular weight is 294 g/mol. The Morgan fingerprint density at radius 2 is 2.10 bits per heavy atom. The normalized spacial score (nSPS) is 22.1. The van der Waals surface area contributed by atoms with Crippen molar-refractivity contribution in [2.24, 2.45) is 0 Å². The molecular weight excluding hydrogens is 276 g/mol. The quantitative estimate of drug-likeness (QED) is 0.671. The van der Waals surface area contributed by atoms with Gasteiger partial charge in [0.05, 0.1) is 17.4 Å². The molecule has 0 radical (unpaired) electrons. The molecule has 6 nitrogen and oxygen atoms in total. The van der Waals surface area contributed by atoms with E-state index in [1.165, 1.54) is 18.4 Å². The van der Waals surface area contributed by atoms with E-state index in [9.17, 15) is 9.90 Å². The fraction of sp³-hybridized carbons (Fsp3) is 0.538. The van der Waals surface area contributed by atoms with Gasteiger partial charge >= 0.3 is 0 Å². The van der Waals surface area contributed by atoms with Crippen molar-refractivity contribution < 1.29 is 9.90 Å². The van der Waals surface area contributed by atoms with E-state index in [1.807, 2.05) is 6.07 Å². The number of aliphatic hydroxyl groups excluding tert-OH is 1. The second-order valence-electron chi connectivity index (χ2n) is 4.89. The van der Waals surface area contributed by atoms with Crippen molar-refractivity contribution in [3.8, 4) is 6.07 Å². The average Bonchev–Trinajstić information content (AvgIpc) is 2.76. The smallest absolute Gasteiger partial charge is 0.256 e. The lowest BCUT2D eigenvalue weighted by molar-refractivity contribution is 0.0964. The molecule has 0 bridgehead atoms. The highest BCUT2D eigenvalue weighted by Gasteiger charge is 2.25. The maximum absolute atomic E-state index is 11.9. The lowest BCUT2D eigenvalue weighted by atomic mass is 9.93. The monoisotopic (exact) mass is 294 g/mol. The number of nitrogens with zero attached hydrogens (tertiary/aromatic N) is 1. The number of anilines is 2. The topological polar surface area (TPSA) is 111 Å². The Labute approximate surface area is 121 Å². The first-order valence-corrected chi connectivity index (χ1v) is 7.37. The third-order valence-corrected chi connectivity index (χ3v) is 4.57. The number of amides is 1. The number of nitrogens with one attached hydrogen (secondary N) is 2. The molecule has 0 unspecified atom stereocenters. The number of nitriles is 1. The summed E-state index contributed by atoms with van der Waals surface area (Å²) in [5.74, 6) is -0.293. The summed E-state index contributed by atoms with van der Waals surface area (Å²) >= 11 is 1.20. The molecule has 20 heavy (non-hydrogen) atoms. The van der Waals surface area contributed by atoms with E-state index in [1.54, 1.807) is 0 Å². The van der Waals surface area contributed by atoms with Crippen molar-refractivity contribution in [1.82, 2.24) is 5.32 Å². The third kappa shape index (κ3) is 2.86. The van der Waals surface area contributed by atoms with E-state index in [0.717, 1.165) is 25.7 Å². The molecule has 1 aromatic heterocycles. The van der Waals surface area contributed by atoms with Crippen LogP contribution in [0.1, 0.15) is 40.9 Å². The largest absolute Gasteiger partial charge is 0.396 e. The van der Waals surface area contributed by atoms with Gasteiger partial charge in [0, 0.05) is 13.1 Å². The highest BCUT2D eigenvalue weighted by Crippen LogP contribution is 2.36. The highest BCUT2D eigenvalue weighted by atomic mass is 32.1. The molecule has 0 aromatic carbocycles. The standard InChI is InChI=1S/C13H18N4O2S/c1-16-12(19)10-11(15)9(6-14)20-13(10)17-7-2-4-8(18)5-3-7/h7-8,17-18H,2-5,15H2,1H3,(H,16,19).